The van der Waals surface area contributed by atoms with Crippen molar-refractivity contribution in [2.75, 3.05) is 12.0 Å². The minimum Gasteiger partial charge on any atom is -0.346 e. The van der Waals surface area contributed by atoms with Crippen LogP contribution in [0.5, 0.6) is 0 Å². The molecule has 0 aromatic carbocycles. The fourth-order valence-electron chi connectivity index (χ4n) is 1.54. The van der Waals surface area contributed by atoms with Crippen molar-refractivity contribution in [3.63, 3.8) is 0 Å². The first-order chi connectivity index (χ1) is 7.88. The second-order valence-electron chi connectivity index (χ2n) is 4.98. The van der Waals surface area contributed by atoms with E-state index in [1.54, 1.807) is 18.7 Å². The van der Waals surface area contributed by atoms with Gasteiger partial charge in [-0.2, -0.15) is 11.8 Å². The number of thioether (sulfide) groups is 1. The molecule has 4 heteroatoms. The third-order valence-corrected chi connectivity index (χ3v) is 3.36. The number of nitrogens with one attached hydrogen (secondary N) is 1. The number of rotatable bonds is 8. The lowest BCUT2D eigenvalue weighted by atomic mass is 9.99. The normalized spacial score (nSPS) is 14.5. The van der Waals surface area contributed by atoms with Crippen molar-refractivity contribution < 1.29 is 13.9 Å². The van der Waals surface area contributed by atoms with Gasteiger partial charge >= 0.3 is 0 Å². The van der Waals surface area contributed by atoms with Crippen molar-refractivity contribution >= 4 is 23.5 Å². The Kier molecular flexibility index (Phi) is 8.30. The van der Waals surface area contributed by atoms with E-state index in [1.165, 1.54) is 0 Å². The maximum Gasteiger partial charge on any atom is 0.223 e. The summed E-state index contributed by atoms with van der Waals surface area (Å²) in [4.78, 5) is 23.3. The van der Waals surface area contributed by atoms with Crippen LogP contribution < -0.4 is 5.32 Å². The molecular weight excluding hydrogens is 234 g/mol. The van der Waals surface area contributed by atoms with Crippen LogP contribution in [0.3, 0.4) is 0 Å². The summed E-state index contributed by atoms with van der Waals surface area (Å²) in [7, 11) is 0. The van der Waals surface area contributed by atoms with Gasteiger partial charge in [0.25, 0.3) is 0 Å². The first-order valence-corrected chi connectivity index (χ1v) is 7.57. The van der Waals surface area contributed by atoms with E-state index in [0.29, 0.717) is 5.92 Å². The molecule has 17 heavy (non-hydrogen) atoms. The number of Topliss-reactive ketones (excluding diaryl/α,β-unsaturated/α-hetero) is 1. The van der Waals surface area contributed by atoms with Gasteiger partial charge in [-0.25, -0.2) is 0 Å². The zero-order valence-electron chi connectivity index (χ0n) is 11.6. The quantitative estimate of drug-likeness (QED) is 0.733. The molecule has 0 aliphatic rings. The molecule has 0 bridgehead atoms. The van der Waals surface area contributed by atoms with Gasteiger partial charge in [-0.15, -0.1) is 0 Å². The smallest absolute Gasteiger partial charge is 0.223 e. The summed E-state index contributed by atoms with van der Waals surface area (Å²) < 4.78 is 0. The third kappa shape index (κ3) is 7.42. The van der Waals surface area contributed by atoms with E-state index < -0.39 is 0 Å². The molecule has 3 nitrogen and oxygen atoms in total. The molecule has 0 spiro atoms. The first-order valence-electron chi connectivity index (χ1n) is 6.18. The van der Waals surface area contributed by atoms with Crippen LogP contribution in [-0.4, -0.2) is 29.7 Å². The van der Waals surface area contributed by atoms with Crippen LogP contribution in [0.4, 0.5) is 0 Å². The largest absolute Gasteiger partial charge is 0.346 e. The number of hydrogen-bond acceptors (Lipinski definition) is 3. The molecule has 1 N–H and O–H groups in total. The molecule has 0 rings (SSSR count). The molecule has 0 aliphatic heterocycles. The van der Waals surface area contributed by atoms with E-state index in [2.05, 4.69) is 19.2 Å². The fourth-order valence-corrected chi connectivity index (χ4v) is 2.13. The predicted octanol–water partition coefficient (Wildman–Crippen LogP) is 3.23. The number of carbonyl (C=O) groups is 2. The number of ketones is 1. The first kappa shape index (κ1) is 16.5. The number of hydrogen-bond donors (Lipinski definition) is 1. The maximum atomic E-state index is 11.9. The van der Waals surface area contributed by atoms with Gasteiger partial charge in [0.1, 0.15) is 0 Å². The highest BCUT2D eigenvalue weighted by Gasteiger charge is 2.21. The molecule has 0 radical (unpaired) electrons. The lowest BCUT2D eigenvalue weighted by Crippen LogP contribution is -2.43. The van der Waals surface area contributed by atoms with Crippen LogP contribution >= 0.6 is 11.8 Å². The van der Waals surface area contributed by atoms with Crippen LogP contribution in [0.2, 0.25) is 0 Å². The molecule has 0 aromatic rings. The number of amides is 1. The zero-order chi connectivity index (χ0) is 13.4. The van der Waals surface area contributed by atoms with E-state index in [0.717, 1.165) is 18.6 Å². The van der Waals surface area contributed by atoms with E-state index in [-0.39, 0.29) is 27.9 Å². The van der Waals surface area contributed by atoms with Crippen molar-refractivity contribution in [3.8, 4) is 0 Å². The van der Waals surface area contributed by atoms with Gasteiger partial charge in [0.05, 0.1) is 6.04 Å². The highest BCUT2D eigenvalue weighted by atomic mass is 32.2. The molecule has 106 valence electrons. The van der Waals surface area contributed by atoms with Gasteiger partial charge in [0, 0.05) is 10.2 Å². The van der Waals surface area contributed by atoms with E-state index in [9.17, 15) is 9.59 Å². The molecule has 2 atom stereocenters. The van der Waals surface area contributed by atoms with Gasteiger partial charge in [-0.3, -0.25) is 9.59 Å². The van der Waals surface area contributed by atoms with Crippen LogP contribution in [-0.2, 0) is 9.59 Å². The molecule has 0 saturated carbocycles. The summed E-state index contributed by atoms with van der Waals surface area (Å²) in [6.45, 7) is 7.57. The Balaban J connectivity index is -0.000000427. The minimum absolute atomic E-state index is 0. The Morgan fingerprint density at radius 2 is 1.88 bits per heavy atom. The van der Waals surface area contributed by atoms with Crippen molar-refractivity contribution in [3.05, 3.63) is 0 Å². The van der Waals surface area contributed by atoms with Crippen molar-refractivity contribution in [1.29, 1.82) is 0 Å². The van der Waals surface area contributed by atoms with Crippen LogP contribution in [0.25, 0.3) is 0 Å². The molecule has 0 saturated heterocycles. The SMILES string of the molecule is CSCCC(C)C(=O)NC(CC(C)C)C(C)=O.[HH].[HH].[HH]. The Bertz CT molecular complexity index is 266. The highest BCUT2D eigenvalue weighted by Crippen LogP contribution is 2.10. The standard InChI is InChI=1S/C13H25NO2S.3H2/c1-9(2)8-12(11(4)15)14-13(16)10(3)6-7-17-5;;;/h9-10,12H,6-8H2,1-5H3,(H,14,16);3*1H. The average molecular weight is 265 g/mol. The Hall–Kier alpha value is -0.510. The second-order valence-corrected chi connectivity index (χ2v) is 5.97. The maximum absolute atomic E-state index is 11.9. The van der Waals surface area contributed by atoms with Crippen molar-refractivity contribution in [1.82, 2.24) is 5.32 Å². The minimum atomic E-state index is -0.320. The highest BCUT2D eigenvalue weighted by molar-refractivity contribution is 7.98. The molecule has 2 unspecified atom stereocenters. The van der Waals surface area contributed by atoms with E-state index in [1.807, 2.05) is 13.2 Å². The lowest BCUT2D eigenvalue weighted by Gasteiger charge is -2.20. The van der Waals surface area contributed by atoms with E-state index >= 15 is 0 Å². The summed E-state index contributed by atoms with van der Waals surface area (Å²) in [5.74, 6) is 1.41. The van der Waals surface area contributed by atoms with Gasteiger partial charge < -0.3 is 5.32 Å². The second kappa shape index (κ2) is 8.56. The van der Waals surface area contributed by atoms with Crippen LogP contribution in [0.15, 0.2) is 0 Å². The van der Waals surface area contributed by atoms with Gasteiger partial charge in [0.15, 0.2) is 5.78 Å². The monoisotopic (exact) mass is 265 g/mol. The Labute approximate surface area is 114 Å². The molecule has 0 aromatic heterocycles. The van der Waals surface area contributed by atoms with Crippen molar-refractivity contribution in [2.45, 2.75) is 46.6 Å². The molecule has 1 amide bonds. The Morgan fingerprint density at radius 3 is 2.29 bits per heavy atom. The van der Waals surface area contributed by atoms with Crippen LogP contribution in [0.1, 0.15) is 44.8 Å². The lowest BCUT2D eigenvalue weighted by molar-refractivity contribution is -0.129. The summed E-state index contributed by atoms with van der Waals surface area (Å²) >= 11 is 1.74. The van der Waals surface area contributed by atoms with E-state index in [4.69, 9.17) is 0 Å². The molecular formula is C13H31NO2S. The summed E-state index contributed by atoms with van der Waals surface area (Å²) in [5, 5.41) is 2.86. The summed E-state index contributed by atoms with van der Waals surface area (Å²) in [6, 6.07) is -0.320. The summed E-state index contributed by atoms with van der Waals surface area (Å²) in [6.07, 6.45) is 3.61. The summed E-state index contributed by atoms with van der Waals surface area (Å²) in [5.41, 5.74) is 0. The third-order valence-electron chi connectivity index (χ3n) is 2.72. The van der Waals surface area contributed by atoms with Crippen molar-refractivity contribution in [2.24, 2.45) is 11.8 Å². The molecule has 0 aliphatic carbocycles. The van der Waals surface area contributed by atoms with Gasteiger partial charge in [-0.1, -0.05) is 20.8 Å². The average Bonchev–Trinajstić information content (AvgIpc) is 2.23. The molecule has 0 heterocycles. The van der Waals surface area contributed by atoms with Gasteiger partial charge in [0.2, 0.25) is 5.91 Å². The van der Waals surface area contributed by atoms with Crippen LogP contribution in [0, 0.1) is 11.8 Å². The number of carbonyl (C=O) groups excluding carboxylic acids is 2. The topological polar surface area (TPSA) is 46.2 Å². The molecule has 0 fully saturated rings. The fraction of sp³-hybridized carbons (Fsp3) is 0.846. The predicted molar refractivity (Wildman–Crippen MR) is 80.6 cm³/mol. The van der Waals surface area contributed by atoms with Gasteiger partial charge in [-0.05, 0) is 37.7 Å². The Morgan fingerprint density at radius 1 is 1.29 bits per heavy atom. The zero-order valence-corrected chi connectivity index (χ0v) is 12.4.